The van der Waals surface area contributed by atoms with Gasteiger partial charge in [-0.3, -0.25) is 0 Å². The summed E-state index contributed by atoms with van der Waals surface area (Å²) in [4.78, 5) is 10.7. The summed E-state index contributed by atoms with van der Waals surface area (Å²) in [5.41, 5.74) is -0.403. The van der Waals surface area contributed by atoms with Gasteiger partial charge >= 0.3 is 12.4 Å². The third-order valence-corrected chi connectivity index (χ3v) is 2.41. The number of alkyl halides is 3. The van der Waals surface area contributed by atoms with Gasteiger partial charge in [0.25, 0.3) is 5.85 Å². The Labute approximate surface area is 102 Å². The molecule has 100 valence electrons. The van der Waals surface area contributed by atoms with E-state index in [0.29, 0.717) is 0 Å². The summed E-state index contributed by atoms with van der Waals surface area (Å²) >= 11 is 0. The molecule has 1 aromatic rings. The van der Waals surface area contributed by atoms with Crippen molar-refractivity contribution in [2.24, 2.45) is 0 Å². The molecule has 0 aliphatic heterocycles. The van der Waals surface area contributed by atoms with Crippen LogP contribution in [0.15, 0.2) is 30.3 Å². The lowest BCUT2D eigenvalue weighted by Crippen LogP contribution is -2.39. The normalized spacial score (nSPS) is 16.3. The van der Waals surface area contributed by atoms with Gasteiger partial charge in [-0.25, -0.2) is 18.0 Å². The minimum absolute atomic E-state index is 0.111. The smallest absolute Gasteiger partial charge is 0.332 e. The monoisotopic (exact) mass is 262 g/mol. The SMILES string of the molecule is CCC(O[C@@](F)(c1ccccc1)C(F)F)C(=O)O. The number of carboxylic acid groups (broad SMARTS) is 1. The average molecular weight is 262 g/mol. The number of ether oxygens (including phenoxy) is 1. The summed E-state index contributed by atoms with van der Waals surface area (Å²) in [6.45, 7) is 1.41. The van der Waals surface area contributed by atoms with Crippen molar-refractivity contribution in [3.8, 4) is 0 Å². The first-order valence-corrected chi connectivity index (χ1v) is 5.35. The van der Waals surface area contributed by atoms with Crippen molar-refractivity contribution >= 4 is 5.97 Å². The lowest BCUT2D eigenvalue weighted by Gasteiger charge is -2.28. The van der Waals surface area contributed by atoms with E-state index >= 15 is 0 Å². The van der Waals surface area contributed by atoms with Crippen molar-refractivity contribution in [1.82, 2.24) is 0 Å². The zero-order valence-electron chi connectivity index (χ0n) is 9.65. The van der Waals surface area contributed by atoms with Crippen LogP contribution in [0.1, 0.15) is 18.9 Å². The predicted molar refractivity (Wildman–Crippen MR) is 58.0 cm³/mol. The van der Waals surface area contributed by atoms with E-state index in [0.717, 1.165) is 12.1 Å². The summed E-state index contributed by atoms with van der Waals surface area (Å²) in [7, 11) is 0. The summed E-state index contributed by atoms with van der Waals surface area (Å²) in [6.07, 6.45) is -5.21. The van der Waals surface area contributed by atoms with Gasteiger partial charge in [-0.1, -0.05) is 37.3 Å². The molecule has 0 spiro atoms. The molecule has 1 unspecified atom stereocenters. The van der Waals surface area contributed by atoms with Crippen LogP contribution in [0.25, 0.3) is 0 Å². The van der Waals surface area contributed by atoms with Gasteiger partial charge in [-0.05, 0) is 6.42 Å². The topological polar surface area (TPSA) is 46.5 Å². The van der Waals surface area contributed by atoms with E-state index in [2.05, 4.69) is 4.74 Å². The van der Waals surface area contributed by atoms with E-state index in [1.807, 2.05) is 0 Å². The maximum atomic E-state index is 14.2. The Hall–Kier alpha value is -1.56. The van der Waals surface area contributed by atoms with Crippen LogP contribution >= 0.6 is 0 Å². The number of hydrogen-bond acceptors (Lipinski definition) is 2. The van der Waals surface area contributed by atoms with Gasteiger partial charge in [0.15, 0.2) is 6.10 Å². The molecule has 0 saturated heterocycles. The predicted octanol–water partition coefficient (Wildman–Crippen LogP) is 2.95. The zero-order chi connectivity index (χ0) is 13.8. The second kappa shape index (κ2) is 5.86. The first-order valence-electron chi connectivity index (χ1n) is 5.35. The molecule has 0 aliphatic rings. The third kappa shape index (κ3) is 3.01. The van der Waals surface area contributed by atoms with Crippen LogP contribution in [0.5, 0.6) is 0 Å². The van der Waals surface area contributed by atoms with Gasteiger partial charge in [-0.2, -0.15) is 0 Å². The van der Waals surface area contributed by atoms with E-state index < -0.39 is 29.9 Å². The molecule has 2 atom stereocenters. The minimum atomic E-state index is -3.48. The number of carboxylic acids is 1. The van der Waals surface area contributed by atoms with Crippen molar-refractivity contribution in [2.45, 2.75) is 31.7 Å². The Morgan fingerprint density at radius 1 is 1.39 bits per heavy atom. The molecule has 18 heavy (non-hydrogen) atoms. The van der Waals surface area contributed by atoms with E-state index in [9.17, 15) is 18.0 Å². The number of hydrogen-bond donors (Lipinski definition) is 1. The number of aliphatic carboxylic acids is 1. The summed E-state index contributed by atoms with van der Waals surface area (Å²) in [5.74, 6) is -4.89. The number of halogens is 3. The lowest BCUT2D eigenvalue weighted by atomic mass is 10.1. The Morgan fingerprint density at radius 3 is 2.33 bits per heavy atom. The first-order chi connectivity index (χ1) is 8.41. The van der Waals surface area contributed by atoms with Crippen LogP contribution in [0.4, 0.5) is 13.2 Å². The summed E-state index contributed by atoms with van der Waals surface area (Å²) < 4.78 is 44.4. The van der Waals surface area contributed by atoms with Crippen LogP contribution < -0.4 is 0 Å². The highest BCUT2D eigenvalue weighted by Crippen LogP contribution is 2.35. The van der Waals surface area contributed by atoms with E-state index in [4.69, 9.17) is 5.11 Å². The van der Waals surface area contributed by atoms with Crippen molar-refractivity contribution in [2.75, 3.05) is 0 Å². The van der Waals surface area contributed by atoms with Crippen LogP contribution in [0.3, 0.4) is 0 Å². The fourth-order valence-electron chi connectivity index (χ4n) is 1.43. The summed E-state index contributed by atoms with van der Waals surface area (Å²) in [5, 5.41) is 8.73. The summed E-state index contributed by atoms with van der Waals surface area (Å²) in [6, 6.07) is 6.53. The Balaban J connectivity index is 3.05. The standard InChI is InChI=1S/C12H13F3O3/c1-2-9(10(16)17)18-12(15,11(13)14)8-6-4-3-5-7-8/h3-7,9,11H,2H2,1H3,(H,16,17)/t9?,12-/m0/s1. The fourth-order valence-corrected chi connectivity index (χ4v) is 1.43. The van der Waals surface area contributed by atoms with Gasteiger partial charge in [0, 0.05) is 5.56 Å². The van der Waals surface area contributed by atoms with Gasteiger partial charge in [0.2, 0.25) is 0 Å². The van der Waals surface area contributed by atoms with Gasteiger partial charge in [0.05, 0.1) is 0 Å². The molecule has 0 aromatic heterocycles. The molecule has 0 saturated carbocycles. The van der Waals surface area contributed by atoms with E-state index in [1.54, 1.807) is 0 Å². The minimum Gasteiger partial charge on any atom is -0.479 e. The second-order valence-corrected chi connectivity index (χ2v) is 3.66. The van der Waals surface area contributed by atoms with Crippen molar-refractivity contribution in [3.05, 3.63) is 35.9 Å². The maximum absolute atomic E-state index is 14.2. The largest absolute Gasteiger partial charge is 0.479 e. The Bertz CT molecular complexity index is 397. The molecule has 0 bridgehead atoms. The molecular formula is C12H13F3O3. The Morgan fingerprint density at radius 2 is 1.94 bits per heavy atom. The third-order valence-electron chi connectivity index (χ3n) is 2.41. The van der Waals surface area contributed by atoms with Crippen LogP contribution in [-0.4, -0.2) is 23.6 Å². The maximum Gasteiger partial charge on any atom is 0.332 e. The quantitative estimate of drug-likeness (QED) is 0.857. The molecule has 0 amide bonds. The number of carbonyl (C=O) groups is 1. The van der Waals surface area contributed by atoms with Gasteiger partial charge in [0.1, 0.15) is 0 Å². The molecule has 0 aliphatic carbocycles. The highest BCUT2D eigenvalue weighted by Gasteiger charge is 2.46. The van der Waals surface area contributed by atoms with Gasteiger partial charge < -0.3 is 9.84 Å². The average Bonchev–Trinajstić information content (AvgIpc) is 2.36. The second-order valence-electron chi connectivity index (χ2n) is 3.66. The number of benzene rings is 1. The molecule has 0 heterocycles. The molecule has 1 aromatic carbocycles. The lowest BCUT2D eigenvalue weighted by molar-refractivity contribution is -0.254. The fraction of sp³-hybridized carbons (Fsp3) is 0.417. The van der Waals surface area contributed by atoms with E-state index in [-0.39, 0.29) is 6.42 Å². The number of rotatable bonds is 6. The van der Waals surface area contributed by atoms with Crippen molar-refractivity contribution in [3.63, 3.8) is 0 Å². The van der Waals surface area contributed by atoms with Crippen LogP contribution in [0.2, 0.25) is 0 Å². The van der Waals surface area contributed by atoms with Crippen molar-refractivity contribution < 1.29 is 27.8 Å². The van der Waals surface area contributed by atoms with Crippen LogP contribution in [0, 0.1) is 0 Å². The molecule has 1 N–H and O–H groups in total. The van der Waals surface area contributed by atoms with E-state index in [1.165, 1.54) is 25.1 Å². The molecule has 6 heteroatoms. The highest BCUT2D eigenvalue weighted by atomic mass is 19.3. The van der Waals surface area contributed by atoms with Crippen molar-refractivity contribution in [1.29, 1.82) is 0 Å². The first kappa shape index (κ1) is 14.5. The molecule has 1 rings (SSSR count). The van der Waals surface area contributed by atoms with Crippen LogP contribution in [-0.2, 0) is 15.4 Å². The Kier molecular flexibility index (Phi) is 4.72. The molecule has 0 radical (unpaired) electrons. The highest BCUT2D eigenvalue weighted by molar-refractivity contribution is 5.72. The zero-order valence-corrected chi connectivity index (χ0v) is 9.65. The molecule has 3 nitrogen and oxygen atoms in total. The molecule has 0 fully saturated rings. The van der Waals surface area contributed by atoms with Gasteiger partial charge in [-0.15, -0.1) is 0 Å². The molecular weight excluding hydrogens is 249 g/mol.